The molecule has 3 rings (SSSR count). The summed E-state index contributed by atoms with van der Waals surface area (Å²) in [6.45, 7) is 3.66. The van der Waals surface area contributed by atoms with Crippen molar-refractivity contribution in [3.63, 3.8) is 0 Å². The van der Waals surface area contributed by atoms with Crippen molar-refractivity contribution in [2.24, 2.45) is 4.99 Å². The quantitative estimate of drug-likeness (QED) is 0.750. The van der Waals surface area contributed by atoms with Crippen LogP contribution in [0, 0.1) is 5.82 Å². The molecule has 0 aliphatic carbocycles. The summed E-state index contributed by atoms with van der Waals surface area (Å²) in [6, 6.07) is 12.7. The van der Waals surface area contributed by atoms with Gasteiger partial charge in [0.15, 0.2) is 0 Å². The molecular weight excluding hydrogens is 277 g/mol. The van der Waals surface area contributed by atoms with Crippen molar-refractivity contribution in [2.45, 2.75) is 26.2 Å². The number of fused-ring (bicyclic) bond motifs is 1. The molecule has 114 valence electrons. The first kappa shape index (κ1) is 14.8. The lowest BCUT2D eigenvalue weighted by Gasteiger charge is -2.18. The first-order valence-corrected chi connectivity index (χ1v) is 7.84. The van der Waals surface area contributed by atoms with Crippen LogP contribution in [0.5, 0.6) is 5.75 Å². The highest BCUT2D eigenvalue weighted by molar-refractivity contribution is 6.14. The van der Waals surface area contributed by atoms with Crippen molar-refractivity contribution in [1.82, 2.24) is 0 Å². The third-order valence-corrected chi connectivity index (χ3v) is 3.87. The Bertz CT molecular complexity index is 676. The summed E-state index contributed by atoms with van der Waals surface area (Å²) in [7, 11) is 0. The summed E-state index contributed by atoms with van der Waals surface area (Å²) in [5, 5.41) is 0. The fourth-order valence-electron chi connectivity index (χ4n) is 2.65. The lowest BCUT2D eigenvalue weighted by atomic mass is 9.93. The van der Waals surface area contributed by atoms with Gasteiger partial charge in [-0.3, -0.25) is 4.99 Å². The first-order valence-electron chi connectivity index (χ1n) is 7.84. The van der Waals surface area contributed by atoms with Gasteiger partial charge in [0.05, 0.1) is 12.3 Å². The molecule has 3 heteroatoms. The van der Waals surface area contributed by atoms with Crippen LogP contribution in [-0.4, -0.2) is 18.9 Å². The second-order valence-electron chi connectivity index (χ2n) is 5.51. The molecular formula is C19H20FNO. The van der Waals surface area contributed by atoms with Crippen LogP contribution >= 0.6 is 0 Å². The molecule has 0 bridgehead atoms. The van der Waals surface area contributed by atoms with Gasteiger partial charge in [-0.1, -0.05) is 19.4 Å². The van der Waals surface area contributed by atoms with Crippen molar-refractivity contribution in [3.05, 3.63) is 65.0 Å². The number of hydrogen-bond acceptors (Lipinski definition) is 2. The van der Waals surface area contributed by atoms with Gasteiger partial charge in [0.2, 0.25) is 0 Å². The first-order chi connectivity index (χ1) is 10.8. The number of benzene rings is 2. The lowest BCUT2D eigenvalue weighted by molar-refractivity contribution is 0.309. The predicted molar refractivity (Wildman–Crippen MR) is 87.5 cm³/mol. The topological polar surface area (TPSA) is 21.6 Å². The van der Waals surface area contributed by atoms with Gasteiger partial charge in [-0.15, -0.1) is 0 Å². The third-order valence-electron chi connectivity index (χ3n) is 3.87. The van der Waals surface area contributed by atoms with E-state index >= 15 is 0 Å². The van der Waals surface area contributed by atoms with E-state index in [2.05, 4.69) is 24.0 Å². The number of rotatable bonds is 5. The second-order valence-corrected chi connectivity index (χ2v) is 5.51. The lowest BCUT2D eigenvalue weighted by Crippen LogP contribution is -2.14. The second kappa shape index (κ2) is 6.73. The summed E-state index contributed by atoms with van der Waals surface area (Å²) in [6.07, 6.45) is 3.11. The smallest absolute Gasteiger partial charge is 0.123 e. The van der Waals surface area contributed by atoms with E-state index in [9.17, 15) is 4.39 Å². The number of nitrogens with zero attached hydrogens (tertiary/aromatic N) is 1. The van der Waals surface area contributed by atoms with E-state index in [1.807, 2.05) is 6.07 Å². The minimum Gasteiger partial charge on any atom is -0.494 e. The molecule has 0 aromatic heterocycles. The van der Waals surface area contributed by atoms with Crippen LogP contribution in [0.15, 0.2) is 47.5 Å². The molecule has 0 fully saturated rings. The monoisotopic (exact) mass is 297 g/mol. The Labute approximate surface area is 130 Å². The fraction of sp³-hybridized carbons (Fsp3) is 0.316. The molecule has 2 nitrogen and oxygen atoms in total. The van der Waals surface area contributed by atoms with E-state index in [-0.39, 0.29) is 5.82 Å². The molecule has 1 heterocycles. The molecule has 22 heavy (non-hydrogen) atoms. The highest BCUT2D eigenvalue weighted by Crippen LogP contribution is 2.25. The van der Waals surface area contributed by atoms with E-state index in [1.165, 1.54) is 17.7 Å². The standard InChI is InChI=1S/C19H20FNO/c1-2-3-12-22-17-9-6-14-10-11-21-19(18(14)13-17)15-4-7-16(20)8-5-15/h4-9,13H,2-3,10-12H2,1H3. The summed E-state index contributed by atoms with van der Waals surface area (Å²) >= 11 is 0. The molecule has 0 amide bonds. The predicted octanol–water partition coefficient (Wildman–Crippen LogP) is 4.40. The van der Waals surface area contributed by atoms with Crippen molar-refractivity contribution >= 4 is 5.71 Å². The molecule has 0 saturated carbocycles. The van der Waals surface area contributed by atoms with Gasteiger partial charge in [-0.05, 0) is 54.8 Å². The summed E-state index contributed by atoms with van der Waals surface area (Å²) < 4.78 is 18.9. The van der Waals surface area contributed by atoms with Crippen LogP contribution in [0.3, 0.4) is 0 Å². The SMILES string of the molecule is CCCCOc1ccc2c(c1)C(c1ccc(F)cc1)=NCC2. The van der Waals surface area contributed by atoms with E-state index in [1.54, 1.807) is 12.1 Å². The number of aliphatic imine (C=N–C) groups is 1. The molecule has 2 aromatic rings. The number of ether oxygens (including phenoxy) is 1. The van der Waals surface area contributed by atoms with Crippen LogP contribution < -0.4 is 4.74 Å². The maximum Gasteiger partial charge on any atom is 0.123 e. The maximum absolute atomic E-state index is 13.1. The molecule has 0 radical (unpaired) electrons. The zero-order valence-corrected chi connectivity index (χ0v) is 12.8. The average Bonchev–Trinajstić information content (AvgIpc) is 2.55. The average molecular weight is 297 g/mol. The van der Waals surface area contributed by atoms with Crippen molar-refractivity contribution in [1.29, 1.82) is 0 Å². The van der Waals surface area contributed by atoms with Gasteiger partial charge >= 0.3 is 0 Å². The molecule has 0 spiro atoms. The summed E-state index contributed by atoms with van der Waals surface area (Å²) in [5.41, 5.74) is 4.26. The zero-order valence-electron chi connectivity index (χ0n) is 12.8. The largest absolute Gasteiger partial charge is 0.494 e. The van der Waals surface area contributed by atoms with Crippen LogP contribution in [-0.2, 0) is 6.42 Å². The Balaban J connectivity index is 1.90. The number of unbranched alkanes of at least 4 members (excludes halogenated alkanes) is 1. The molecule has 0 saturated heterocycles. The third kappa shape index (κ3) is 3.19. The van der Waals surface area contributed by atoms with E-state index in [0.29, 0.717) is 0 Å². The van der Waals surface area contributed by atoms with Crippen molar-refractivity contribution in [2.75, 3.05) is 13.2 Å². The van der Waals surface area contributed by atoms with E-state index in [0.717, 1.165) is 55.0 Å². The fourth-order valence-corrected chi connectivity index (χ4v) is 2.65. The van der Waals surface area contributed by atoms with Crippen molar-refractivity contribution in [3.8, 4) is 5.75 Å². The molecule has 1 aliphatic rings. The van der Waals surface area contributed by atoms with Crippen LogP contribution in [0.25, 0.3) is 0 Å². The normalized spacial score (nSPS) is 13.5. The van der Waals surface area contributed by atoms with Gasteiger partial charge in [0.1, 0.15) is 11.6 Å². The van der Waals surface area contributed by atoms with E-state index < -0.39 is 0 Å². The van der Waals surface area contributed by atoms with Gasteiger partial charge in [0, 0.05) is 17.7 Å². The molecule has 1 aliphatic heterocycles. The highest BCUT2D eigenvalue weighted by atomic mass is 19.1. The zero-order chi connectivity index (χ0) is 15.4. The van der Waals surface area contributed by atoms with E-state index in [4.69, 9.17) is 4.74 Å². The molecule has 0 atom stereocenters. The maximum atomic E-state index is 13.1. The highest BCUT2D eigenvalue weighted by Gasteiger charge is 2.16. The Kier molecular flexibility index (Phi) is 4.52. The molecule has 0 unspecified atom stereocenters. The van der Waals surface area contributed by atoms with Gasteiger partial charge in [0.25, 0.3) is 0 Å². The minimum atomic E-state index is -0.225. The van der Waals surface area contributed by atoms with Crippen LogP contribution in [0.2, 0.25) is 0 Å². The van der Waals surface area contributed by atoms with Gasteiger partial charge in [-0.2, -0.15) is 0 Å². The summed E-state index contributed by atoms with van der Waals surface area (Å²) in [4.78, 5) is 4.65. The molecule has 2 aromatic carbocycles. The minimum absolute atomic E-state index is 0.225. The van der Waals surface area contributed by atoms with Crippen LogP contribution in [0.1, 0.15) is 36.5 Å². The van der Waals surface area contributed by atoms with Crippen LogP contribution in [0.4, 0.5) is 4.39 Å². The number of halogens is 1. The Morgan fingerprint density at radius 2 is 1.95 bits per heavy atom. The van der Waals surface area contributed by atoms with Gasteiger partial charge < -0.3 is 4.74 Å². The Morgan fingerprint density at radius 1 is 1.14 bits per heavy atom. The summed E-state index contributed by atoms with van der Waals surface area (Å²) in [5.74, 6) is 0.654. The molecule has 0 N–H and O–H groups in total. The Hall–Kier alpha value is -2.16. The van der Waals surface area contributed by atoms with Crippen molar-refractivity contribution < 1.29 is 9.13 Å². The Morgan fingerprint density at radius 3 is 2.73 bits per heavy atom. The number of hydrogen-bond donors (Lipinski definition) is 0. The van der Waals surface area contributed by atoms with Gasteiger partial charge in [-0.25, -0.2) is 4.39 Å².